The molecule has 26 heavy (non-hydrogen) atoms. The van der Waals surface area contributed by atoms with Crippen LogP contribution in [0.1, 0.15) is 37.3 Å². The molecule has 3 aliphatic rings. The van der Waals surface area contributed by atoms with Crippen molar-refractivity contribution in [3.8, 4) is 0 Å². The van der Waals surface area contributed by atoms with E-state index in [0.29, 0.717) is 19.5 Å². The first-order valence-corrected chi connectivity index (χ1v) is 9.55. The topological polar surface area (TPSA) is 72.9 Å². The van der Waals surface area contributed by atoms with Gasteiger partial charge in [0, 0.05) is 19.6 Å². The minimum Gasteiger partial charge on any atom is -0.481 e. The zero-order valence-electron chi connectivity index (χ0n) is 15.2. The Morgan fingerprint density at radius 3 is 2.69 bits per heavy atom. The fraction of sp³-hybridized carbons (Fsp3) is 0.600. The van der Waals surface area contributed by atoms with Crippen molar-refractivity contribution < 1.29 is 14.7 Å². The van der Waals surface area contributed by atoms with Crippen molar-refractivity contribution in [3.05, 3.63) is 35.9 Å². The average molecular weight is 357 g/mol. The number of carboxylic acids is 1. The highest BCUT2D eigenvalue weighted by Crippen LogP contribution is 2.49. The van der Waals surface area contributed by atoms with Crippen molar-refractivity contribution >= 4 is 12.0 Å². The zero-order valence-corrected chi connectivity index (χ0v) is 15.2. The van der Waals surface area contributed by atoms with Crippen LogP contribution < -0.4 is 5.32 Å². The van der Waals surface area contributed by atoms with Crippen LogP contribution in [0.2, 0.25) is 0 Å². The summed E-state index contributed by atoms with van der Waals surface area (Å²) >= 11 is 0. The van der Waals surface area contributed by atoms with E-state index in [-0.39, 0.29) is 24.0 Å². The van der Waals surface area contributed by atoms with Crippen molar-refractivity contribution in [2.75, 3.05) is 26.7 Å². The first-order valence-electron chi connectivity index (χ1n) is 9.55. The highest BCUT2D eigenvalue weighted by atomic mass is 16.4. The molecule has 0 spiro atoms. The average Bonchev–Trinajstić information content (AvgIpc) is 3.28. The maximum absolute atomic E-state index is 12.9. The number of hydrogen-bond donors (Lipinski definition) is 2. The number of nitrogens with zero attached hydrogens (tertiary/aromatic N) is 2. The van der Waals surface area contributed by atoms with Gasteiger partial charge in [0.25, 0.3) is 0 Å². The fourth-order valence-corrected chi connectivity index (χ4v) is 5.28. The molecule has 1 saturated carbocycles. The Morgan fingerprint density at radius 1 is 1.23 bits per heavy atom. The zero-order chi connectivity index (χ0) is 18.3. The van der Waals surface area contributed by atoms with Crippen LogP contribution in [-0.4, -0.2) is 59.6 Å². The summed E-state index contributed by atoms with van der Waals surface area (Å²) < 4.78 is 0. The molecule has 2 heterocycles. The van der Waals surface area contributed by atoms with E-state index in [4.69, 9.17) is 0 Å². The van der Waals surface area contributed by atoms with E-state index in [0.717, 1.165) is 25.8 Å². The van der Waals surface area contributed by atoms with E-state index in [1.54, 1.807) is 4.90 Å². The summed E-state index contributed by atoms with van der Waals surface area (Å²) in [5.41, 5.74) is 0.487. The molecular weight excluding hydrogens is 330 g/mol. The smallest absolute Gasteiger partial charge is 0.317 e. The van der Waals surface area contributed by atoms with Gasteiger partial charge >= 0.3 is 12.0 Å². The van der Waals surface area contributed by atoms with Crippen molar-refractivity contribution in [1.82, 2.24) is 15.1 Å². The van der Waals surface area contributed by atoms with Gasteiger partial charge in [-0.15, -0.1) is 0 Å². The molecule has 0 aromatic heterocycles. The number of likely N-dealkylation sites (N-methyl/N-ethyl adjacent to an activating group) is 1. The molecule has 6 nitrogen and oxygen atoms in total. The summed E-state index contributed by atoms with van der Waals surface area (Å²) in [4.78, 5) is 28.7. The molecule has 4 atom stereocenters. The third kappa shape index (κ3) is 2.76. The SMILES string of the molecule is CN1CCC(NC(=O)N2C[C@@H]3CCC[C@@]3(C(=O)O)C2)C1c1ccccc1. The number of aliphatic carboxylic acids is 1. The Morgan fingerprint density at radius 2 is 2.00 bits per heavy atom. The number of rotatable bonds is 3. The summed E-state index contributed by atoms with van der Waals surface area (Å²) in [6, 6.07) is 10.4. The molecule has 4 rings (SSSR count). The van der Waals surface area contributed by atoms with Gasteiger partial charge in [-0.1, -0.05) is 36.8 Å². The summed E-state index contributed by atoms with van der Waals surface area (Å²) in [6.07, 6.45) is 3.46. The van der Waals surface area contributed by atoms with Gasteiger partial charge in [0.1, 0.15) is 0 Å². The number of carboxylic acid groups (broad SMARTS) is 1. The number of carbonyl (C=O) groups excluding carboxylic acids is 1. The third-order valence-corrected chi connectivity index (χ3v) is 6.68. The van der Waals surface area contributed by atoms with Gasteiger partial charge in [0.15, 0.2) is 0 Å². The molecular formula is C20H27N3O3. The molecule has 3 fully saturated rings. The second kappa shape index (κ2) is 6.58. The molecule has 0 bridgehead atoms. The van der Waals surface area contributed by atoms with Gasteiger partial charge in [-0.3, -0.25) is 9.69 Å². The molecule has 2 amide bonds. The lowest BCUT2D eigenvalue weighted by molar-refractivity contribution is -0.149. The van der Waals surface area contributed by atoms with Crippen LogP contribution in [-0.2, 0) is 4.79 Å². The van der Waals surface area contributed by atoms with Gasteiger partial charge in [0.05, 0.1) is 17.5 Å². The van der Waals surface area contributed by atoms with Crippen molar-refractivity contribution in [2.45, 2.75) is 37.8 Å². The van der Waals surface area contributed by atoms with E-state index in [1.807, 2.05) is 18.2 Å². The summed E-state index contributed by atoms with van der Waals surface area (Å²) in [7, 11) is 2.09. The molecule has 6 heteroatoms. The van der Waals surface area contributed by atoms with E-state index in [2.05, 4.69) is 29.4 Å². The Bertz CT molecular complexity index is 695. The molecule has 2 aliphatic heterocycles. The quantitative estimate of drug-likeness (QED) is 0.871. The second-order valence-electron chi connectivity index (χ2n) is 8.11. The molecule has 140 valence electrons. The van der Waals surface area contributed by atoms with E-state index in [9.17, 15) is 14.7 Å². The molecule has 2 N–H and O–H groups in total. The number of fused-ring (bicyclic) bond motifs is 1. The van der Waals surface area contributed by atoms with Gasteiger partial charge < -0.3 is 15.3 Å². The number of amides is 2. The summed E-state index contributed by atoms with van der Waals surface area (Å²) in [5, 5.41) is 12.9. The number of nitrogens with one attached hydrogen (secondary N) is 1. The number of hydrogen-bond acceptors (Lipinski definition) is 3. The maximum atomic E-state index is 12.9. The predicted molar refractivity (Wildman–Crippen MR) is 97.7 cm³/mol. The highest BCUT2D eigenvalue weighted by Gasteiger charge is 2.56. The van der Waals surface area contributed by atoms with Crippen molar-refractivity contribution in [1.29, 1.82) is 0 Å². The van der Waals surface area contributed by atoms with Crippen molar-refractivity contribution in [2.24, 2.45) is 11.3 Å². The Balaban J connectivity index is 1.46. The molecule has 2 unspecified atom stereocenters. The molecule has 1 aromatic rings. The van der Waals surface area contributed by atoms with E-state index in [1.165, 1.54) is 5.56 Å². The molecule has 0 radical (unpaired) electrons. The number of benzene rings is 1. The maximum Gasteiger partial charge on any atom is 0.317 e. The second-order valence-corrected chi connectivity index (χ2v) is 8.11. The van der Waals surface area contributed by atoms with E-state index < -0.39 is 11.4 Å². The predicted octanol–water partition coefficient (Wildman–Crippen LogP) is 2.33. The largest absolute Gasteiger partial charge is 0.481 e. The number of likely N-dealkylation sites (tertiary alicyclic amines) is 2. The fourth-order valence-electron chi connectivity index (χ4n) is 5.28. The lowest BCUT2D eigenvalue weighted by atomic mass is 9.81. The van der Waals surface area contributed by atoms with Crippen LogP contribution in [0.4, 0.5) is 4.79 Å². The first kappa shape index (κ1) is 17.3. The van der Waals surface area contributed by atoms with E-state index >= 15 is 0 Å². The van der Waals surface area contributed by atoms with Crippen LogP contribution in [0.3, 0.4) is 0 Å². The van der Waals surface area contributed by atoms with Gasteiger partial charge in [0.2, 0.25) is 0 Å². The normalized spacial score (nSPS) is 34.0. The lowest BCUT2D eigenvalue weighted by Gasteiger charge is -2.28. The Hall–Kier alpha value is -2.08. The minimum absolute atomic E-state index is 0.0520. The Labute approximate surface area is 154 Å². The van der Waals surface area contributed by atoms with Crippen LogP contribution in [0, 0.1) is 11.3 Å². The van der Waals surface area contributed by atoms with Crippen LogP contribution in [0.25, 0.3) is 0 Å². The number of urea groups is 1. The lowest BCUT2D eigenvalue weighted by Crippen LogP contribution is -2.47. The molecule has 2 saturated heterocycles. The Kier molecular flexibility index (Phi) is 4.39. The molecule has 1 aromatic carbocycles. The standard InChI is InChI=1S/C20H27N3O3/c1-22-11-9-16(17(22)14-6-3-2-4-7-14)21-19(26)23-12-15-8-5-10-20(15,13-23)18(24)25/h2-4,6-7,15-17H,5,8-13H2,1H3,(H,21,26)(H,24,25)/t15-,16?,17?,20+/m0/s1. The van der Waals surface area contributed by atoms with Crippen LogP contribution in [0.5, 0.6) is 0 Å². The third-order valence-electron chi connectivity index (χ3n) is 6.68. The molecule has 1 aliphatic carbocycles. The highest BCUT2D eigenvalue weighted by molar-refractivity contribution is 5.80. The van der Waals surface area contributed by atoms with Crippen molar-refractivity contribution in [3.63, 3.8) is 0 Å². The van der Waals surface area contributed by atoms with Gasteiger partial charge in [-0.2, -0.15) is 0 Å². The monoisotopic (exact) mass is 357 g/mol. The van der Waals surface area contributed by atoms with Gasteiger partial charge in [-0.25, -0.2) is 4.79 Å². The van der Waals surface area contributed by atoms with Gasteiger partial charge in [-0.05, 0) is 37.8 Å². The number of carbonyl (C=O) groups is 2. The summed E-state index contributed by atoms with van der Waals surface area (Å²) in [5.74, 6) is -0.639. The summed E-state index contributed by atoms with van der Waals surface area (Å²) in [6.45, 7) is 1.85. The first-order chi connectivity index (χ1) is 12.5. The van der Waals surface area contributed by atoms with Crippen LogP contribution >= 0.6 is 0 Å². The van der Waals surface area contributed by atoms with Crippen LogP contribution in [0.15, 0.2) is 30.3 Å². The minimum atomic E-state index is -0.738.